The molecule has 4 nitrogen and oxygen atoms in total. The van der Waals surface area contributed by atoms with E-state index < -0.39 is 11.4 Å². The largest absolute Gasteiger partial charge is 0.484 e. The molecule has 1 amide bonds. The highest BCUT2D eigenvalue weighted by molar-refractivity contribution is 5.78. The first-order valence-electron chi connectivity index (χ1n) is 7.33. The van der Waals surface area contributed by atoms with Crippen molar-refractivity contribution in [2.75, 3.05) is 13.2 Å². The van der Waals surface area contributed by atoms with Gasteiger partial charge in [-0.2, -0.15) is 0 Å². The van der Waals surface area contributed by atoms with Crippen LogP contribution in [-0.2, 0) is 4.79 Å². The predicted molar refractivity (Wildman–Crippen MR) is 77.5 cm³/mol. The molecule has 0 saturated heterocycles. The lowest BCUT2D eigenvalue weighted by Crippen LogP contribution is -2.55. The second kappa shape index (κ2) is 6.89. The number of carbonyl (C=O) groups is 1. The third kappa shape index (κ3) is 4.43. The maximum atomic E-state index is 13.0. The van der Waals surface area contributed by atoms with Crippen molar-refractivity contribution in [2.24, 2.45) is 5.92 Å². The molecule has 1 saturated carbocycles. The number of hydrogen-bond donors (Lipinski definition) is 2. The molecule has 116 valence electrons. The Kier molecular flexibility index (Phi) is 5.17. The molecule has 21 heavy (non-hydrogen) atoms. The van der Waals surface area contributed by atoms with E-state index in [0.717, 1.165) is 25.7 Å². The third-order valence-corrected chi connectivity index (χ3v) is 3.96. The fourth-order valence-corrected chi connectivity index (χ4v) is 2.99. The van der Waals surface area contributed by atoms with Gasteiger partial charge in [0.1, 0.15) is 11.6 Å². The molecule has 1 fully saturated rings. The second-order valence-electron chi connectivity index (χ2n) is 5.93. The lowest BCUT2D eigenvalue weighted by Gasteiger charge is -2.39. The molecule has 2 N–H and O–H groups in total. The van der Waals surface area contributed by atoms with Gasteiger partial charge in [0.05, 0.1) is 12.1 Å². The molecule has 0 spiro atoms. The van der Waals surface area contributed by atoms with Crippen LogP contribution in [0.2, 0.25) is 0 Å². The summed E-state index contributed by atoms with van der Waals surface area (Å²) >= 11 is 0. The Morgan fingerprint density at radius 3 is 3.05 bits per heavy atom. The molecule has 1 aliphatic carbocycles. The van der Waals surface area contributed by atoms with Crippen molar-refractivity contribution in [3.05, 3.63) is 30.1 Å². The number of ether oxygens (including phenoxy) is 1. The van der Waals surface area contributed by atoms with Gasteiger partial charge in [-0.3, -0.25) is 4.79 Å². The van der Waals surface area contributed by atoms with Crippen LogP contribution in [0.15, 0.2) is 24.3 Å². The zero-order valence-corrected chi connectivity index (χ0v) is 12.3. The molecule has 5 heteroatoms. The molecule has 1 aliphatic rings. The first-order valence-corrected chi connectivity index (χ1v) is 7.33. The summed E-state index contributed by atoms with van der Waals surface area (Å²) in [6, 6.07) is 5.68. The van der Waals surface area contributed by atoms with Crippen LogP contribution in [0.3, 0.4) is 0 Å². The molecule has 2 rings (SSSR count). The van der Waals surface area contributed by atoms with Crippen LogP contribution in [0.5, 0.6) is 5.75 Å². The van der Waals surface area contributed by atoms with E-state index in [1.807, 2.05) is 0 Å². The summed E-state index contributed by atoms with van der Waals surface area (Å²) in [5.41, 5.74) is -0.542. The van der Waals surface area contributed by atoms with Crippen molar-refractivity contribution >= 4 is 5.91 Å². The molecule has 0 aromatic heterocycles. The van der Waals surface area contributed by atoms with Crippen molar-refractivity contribution in [1.29, 1.82) is 0 Å². The van der Waals surface area contributed by atoms with Gasteiger partial charge in [0.15, 0.2) is 6.61 Å². The lowest BCUT2D eigenvalue weighted by atomic mass is 9.77. The summed E-state index contributed by atoms with van der Waals surface area (Å²) in [4.78, 5) is 12.0. The van der Waals surface area contributed by atoms with E-state index in [-0.39, 0.29) is 19.1 Å². The van der Waals surface area contributed by atoms with Crippen LogP contribution < -0.4 is 10.1 Å². The summed E-state index contributed by atoms with van der Waals surface area (Å²) in [6.45, 7) is 1.88. The maximum Gasteiger partial charge on any atom is 0.258 e. The third-order valence-electron chi connectivity index (χ3n) is 3.96. The molecule has 2 unspecified atom stereocenters. The van der Waals surface area contributed by atoms with Gasteiger partial charge in [0, 0.05) is 6.07 Å². The summed E-state index contributed by atoms with van der Waals surface area (Å²) in [5.74, 6) is 0.110. The minimum Gasteiger partial charge on any atom is -0.484 e. The van der Waals surface area contributed by atoms with Crippen LogP contribution in [0.1, 0.15) is 32.6 Å². The maximum absolute atomic E-state index is 13.0. The molecule has 1 aromatic carbocycles. The number of benzene rings is 1. The van der Waals surface area contributed by atoms with E-state index >= 15 is 0 Å². The van der Waals surface area contributed by atoms with Gasteiger partial charge in [-0.25, -0.2) is 4.39 Å². The smallest absolute Gasteiger partial charge is 0.258 e. The van der Waals surface area contributed by atoms with Gasteiger partial charge in [-0.15, -0.1) is 0 Å². The van der Waals surface area contributed by atoms with E-state index in [4.69, 9.17) is 4.74 Å². The average Bonchev–Trinajstić information content (AvgIpc) is 2.45. The Morgan fingerprint density at radius 1 is 1.57 bits per heavy atom. The number of amides is 1. The Bertz CT molecular complexity index is 494. The number of hydrogen-bond acceptors (Lipinski definition) is 3. The first kappa shape index (κ1) is 15.8. The quantitative estimate of drug-likeness (QED) is 0.876. The number of rotatable bonds is 5. The SMILES string of the molecule is CC1CCCC(CO)(NC(=O)COc2cccc(F)c2)C1. The minimum atomic E-state index is -0.542. The van der Waals surface area contributed by atoms with Crippen LogP contribution in [0.4, 0.5) is 4.39 Å². The van der Waals surface area contributed by atoms with Gasteiger partial charge in [0.25, 0.3) is 5.91 Å². The molecule has 0 aliphatic heterocycles. The molecular weight excluding hydrogens is 273 g/mol. The molecular formula is C16H22FNO3. The molecule has 0 radical (unpaired) electrons. The summed E-state index contributed by atoms with van der Waals surface area (Å²) in [5, 5.41) is 12.5. The summed E-state index contributed by atoms with van der Waals surface area (Å²) < 4.78 is 18.3. The van der Waals surface area contributed by atoms with Gasteiger partial charge >= 0.3 is 0 Å². The van der Waals surface area contributed by atoms with Crippen molar-refractivity contribution in [1.82, 2.24) is 5.32 Å². The lowest BCUT2D eigenvalue weighted by molar-refractivity contribution is -0.126. The normalized spacial score (nSPS) is 25.4. The van der Waals surface area contributed by atoms with Crippen molar-refractivity contribution in [3.8, 4) is 5.75 Å². The van der Waals surface area contributed by atoms with Gasteiger partial charge < -0.3 is 15.2 Å². The summed E-state index contributed by atoms with van der Waals surface area (Å²) in [6.07, 6.45) is 3.67. The van der Waals surface area contributed by atoms with E-state index in [0.29, 0.717) is 11.7 Å². The predicted octanol–water partition coefficient (Wildman–Crippen LogP) is 2.26. The highest BCUT2D eigenvalue weighted by Crippen LogP contribution is 2.31. The zero-order valence-electron chi connectivity index (χ0n) is 12.3. The Morgan fingerprint density at radius 2 is 2.38 bits per heavy atom. The summed E-state index contributed by atoms with van der Waals surface area (Å²) in [7, 11) is 0. The van der Waals surface area contributed by atoms with Crippen molar-refractivity contribution in [3.63, 3.8) is 0 Å². The van der Waals surface area contributed by atoms with Crippen LogP contribution in [0, 0.1) is 11.7 Å². The van der Waals surface area contributed by atoms with E-state index in [1.165, 1.54) is 18.2 Å². The number of nitrogens with one attached hydrogen (secondary N) is 1. The van der Waals surface area contributed by atoms with E-state index in [9.17, 15) is 14.3 Å². The molecule has 0 heterocycles. The van der Waals surface area contributed by atoms with Gasteiger partial charge in [-0.1, -0.05) is 25.8 Å². The second-order valence-corrected chi connectivity index (χ2v) is 5.93. The van der Waals surface area contributed by atoms with Crippen LogP contribution in [-0.4, -0.2) is 29.8 Å². The van der Waals surface area contributed by atoms with Crippen molar-refractivity contribution in [2.45, 2.75) is 38.1 Å². The van der Waals surface area contributed by atoms with Crippen LogP contribution in [0.25, 0.3) is 0 Å². The standard InChI is InChI=1S/C16H22FNO3/c1-12-4-3-7-16(9-12,11-19)18-15(20)10-21-14-6-2-5-13(17)8-14/h2,5-6,8,12,19H,3-4,7,9-11H2,1H3,(H,18,20). The monoisotopic (exact) mass is 295 g/mol. The fourth-order valence-electron chi connectivity index (χ4n) is 2.99. The van der Waals surface area contributed by atoms with Gasteiger partial charge in [-0.05, 0) is 30.9 Å². The van der Waals surface area contributed by atoms with Crippen molar-refractivity contribution < 1.29 is 19.0 Å². The number of aliphatic hydroxyl groups is 1. The van der Waals surface area contributed by atoms with E-state index in [2.05, 4.69) is 12.2 Å². The highest BCUT2D eigenvalue weighted by atomic mass is 19.1. The molecule has 2 atom stereocenters. The fraction of sp³-hybridized carbons (Fsp3) is 0.562. The number of carbonyl (C=O) groups excluding carboxylic acids is 1. The zero-order chi connectivity index (χ0) is 15.3. The Balaban J connectivity index is 1.88. The first-order chi connectivity index (χ1) is 10.0. The molecule has 1 aromatic rings. The Labute approximate surface area is 124 Å². The molecule has 0 bridgehead atoms. The average molecular weight is 295 g/mol. The van der Waals surface area contributed by atoms with E-state index in [1.54, 1.807) is 6.07 Å². The van der Waals surface area contributed by atoms with Crippen LogP contribution >= 0.6 is 0 Å². The number of halogens is 1. The minimum absolute atomic E-state index is 0.0664. The topological polar surface area (TPSA) is 58.6 Å². The highest BCUT2D eigenvalue weighted by Gasteiger charge is 2.35. The number of aliphatic hydroxyl groups excluding tert-OH is 1. The Hall–Kier alpha value is -1.62. The van der Waals surface area contributed by atoms with Gasteiger partial charge in [0.2, 0.25) is 0 Å².